The van der Waals surface area contributed by atoms with Crippen molar-refractivity contribution >= 4 is 37.7 Å². The number of nitrogens with zero attached hydrogens (tertiary/aromatic N) is 2. The molecule has 4 aromatic rings. The fourth-order valence-electron chi connectivity index (χ4n) is 4.38. The highest BCUT2D eigenvalue weighted by Crippen LogP contribution is 2.42. The Hall–Kier alpha value is -3.07. The molecule has 1 unspecified atom stereocenters. The van der Waals surface area contributed by atoms with Crippen molar-refractivity contribution in [3.63, 3.8) is 0 Å². The Labute approximate surface area is 213 Å². The summed E-state index contributed by atoms with van der Waals surface area (Å²) < 4.78 is 28.1. The summed E-state index contributed by atoms with van der Waals surface area (Å²) in [7, 11) is -3.42. The minimum Gasteiger partial charge on any atom is -0.324 e. The number of nitrogens with one attached hydrogen (secondary N) is 1. The number of anilines is 2. The van der Waals surface area contributed by atoms with Crippen LogP contribution in [-0.2, 0) is 27.1 Å². The highest BCUT2D eigenvalue weighted by Gasteiger charge is 2.27. The minimum atomic E-state index is -3.42. The summed E-state index contributed by atoms with van der Waals surface area (Å²) in [5.41, 5.74) is 7.61. The van der Waals surface area contributed by atoms with Gasteiger partial charge in [-0.1, -0.05) is 64.5 Å². The number of rotatable bonds is 7. The molecule has 1 N–H and O–H groups in total. The van der Waals surface area contributed by atoms with Gasteiger partial charge in [-0.05, 0) is 59.4 Å². The average molecular weight is 550 g/mol. The van der Waals surface area contributed by atoms with Crippen molar-refractivity contribution in [2.24, 2.45) is 0 Å². The van der Waals surface area contributed by atoms with Crippen molar-refractivity contribution < 1.29 is 12.6 Å². The summed E-state index contributed by atoms with van der Waals surface area (Å²) in [5.74, 6) is 0.794. The first kappa shape index (κ1) is 23.7. The lowest BCUT2D eigenvalue weighted by Crippen LogP contribution is -2.15. The molecule has 0 spiro atoms. The molecule has 35 heavy (non-hydrogen) atoms. The Morgan fingerprint density at radius 1 is 1.03 bits per heavy atom. The van der Waals surface area contributed by atoms with Crippen LogP contribution in [0.5, 0.6) is 0 Å². The molecule has 1 aliphatic carbocycles. The molecule has 1 aliphatic rings. The van der Waals surface area contributed by atoms with Crippen molar-refractivity contribution in [3.8, 4) is 11.3 Å². The Kier molecular flexibility index (Phi) is 6.69. The van der Waals surface area contributed by atoms with Gasteiger partial charge in [0.15, 0.2) is 0 Å². The number of fused-ring (bicyclic) bond motifs is 3. The smallest absolute Gasteiger partial charge is 0.264 e. The van der Waals surface area contributed by atoms with E-state index in [4.69, 9.17) is 9.17 Å². The van der Waals surface area contributed by atoms with E-state index in [9.17, 15) is 8.42 Å². The number of benzene rings is 3. The lowest BCUT2D eigenvalue weighted by molar-refractivity contribution is 0.326. The van der Waals surface area contributed by atoms with Crippen LogP contribution in [0.1, 0.15) is 28.2 Å². The largest absolute Gasteiger partial charge is 0.324 e. The molecule has 5 rings (SSSR count). The molecule has 0 aliphatic heterocycles. The molecule has 1 aromatic heterocycles. The van der Waals surface area contributed by atoms with Crippen molar-refractivity contribution in [3.05, 3.63) is 106 Å². The summed E-state index contributed by atoms with van der Waals surface area (Å²) in [6, 6.07) is 24.7. The van der Waals surface area contributed by atoms with Gasteiger partial charge in [0.2, 0.25) is 5.95 Å². The lowest BCUT2D eigenvalue weighted by Gasteiger charge is -2.27. The summed E-state index contributed by atoms with van der Waals surface area (Å²) in [4.78, 5) is 9.46. The second-order valence-corrected chi connectivity index (χ2v) is 11.1. The number of hydrogen-bond acceptors (Lipinski definition) is 6. The first-order valence-corrected chi connectivity index (χ1v) is 13.9. The Bertz CT molecular complexity index is 1460. The van der Waals surface area contributed by atoms with Crippen LogP contribution in [-0.4, -0.2) is 31.2 Å². The van der Waals surface area contributed by atoms with E-state index in [1.165, 1.54) is 11.1 Å². The fraction of sp³-hybridized carbons (Fsp3) is 0.185. The molecule has 3 aromatic carbocycles. The van der Waals surface area contributed by atoms with Crippen LogP contribution in [0.4, 0.5) is 11.6 Å². The molecule has 0 fully saturated rings. The van der Waals surface area contributed by atoms with E-state index in [0.717, 1.165) is 45.2 Å². The normalized spacial score (nSPS) is 14.7. The van der Waals surface area contributed by atoms with E-state index in [2.05, 4.69) is 68.7 Å². The first-order valence-electron chi connectivity index (χ1n) is 11.3. The SMILES string of the molecule is CS(=O)(=O)OCCc1ccc(Nc2ncc3c(n2)-c2ccccc2C(c2ccc(Br)cc2)C3)cc1. The van der Waals surface area contributed by atoms with Crippen LogP contribution < -0.4 is 5.32 Å². The van der Waals surface area contributed by atoms with Gasteiger partial charge in [-0.15, -0.1) is 0 Å². The third-order valence-electron chi connectivity index (χ3n) is 6.05. The van der Waals surface area contributed by atoms with Crippen LogP contribution in [0.25, 0.3) is 11.3 Å². The molecule has 0 amide bonds. The van der Waals surface area contributed by atoms with Gasteiger partial charge in [0.05, 0.1) is 18.6 Å². The third kappa shape index (κ3) is 5.61. The van der Waals surface area contributed by atoms with Crippen LogP contribution in [0.15, 0.2) is 83.5 Å². The zero-order valence-corrected chi connectivity index (χ0v) is 21.5. The maximum absolute atomic E-state index is 11.1. The second kappa shape index (κ2) is 9.89. The van der Waals surface area contributed by atoms with Gasteiger partial charge in [-0.25, -0.2) is 9.97 Å². The maximum Gasteiger partial charge on any atom is 0.264 e. The van der Waals surface area contributed by atoms with E-state index in [-0.39, 0.29) is 12.5 Å². The first-order chi connectivity index (χ1) is 16.9. The van der Waals surface area contributed by atoms with Gasteiger partial charge in [-0.2, -0.15) is 8.42 Å². The molecule has 0 bridgehead atoms. The number of hydrogen-bond donors (Lipinski definition) is 1. The highest BCUT2D eigenvalue weighted by molar-refractivity contribution is 9.10. The molecule has 1 heterocycles. The number of aromatic nitrogens is 2. The highest BCUT2D eigenvalue weighted by atomic mass is 79.9. The Balaban J connectivity index is 1.36. The van der Waals surface area contributed by atoms with E-state index in [1.807, 2.05) is 36.5 Å². The molecular formula is C27H24BrN3O3S. The Morgan fingerprint density at radius 3 is 2.51 bits per heavy atom. The lowest BCUT2D eigenvalue weighted by atomic mass is 9.78. The van der Waals surface area contributed by atoms with Crippen molar-refractivity contribution in [1.82, 2.24) is 9.97 Å². The fourth-order valence-corrected chi connectivity index (χ4v) is 5.03. The molecule has 1 atom stereocenters. The van der Waals surface area contributed by atoms with E-state index in [1.54, 1.807) is 0 Å². The van der Waals surface area contributed by atoms with Gasteiger partial charge in [0.25, 0.3) is 10.1 Å². The second-order valence-electron chi connectivity index (χ2n) is 8.56. The van der Waals surface area contributed by atoms with Gasteiger partial charge in [-0.3, -0.25) is 4.18 Å². The molecule has 8 heteroatoms. The van der Waals surface area contributed by atoms with Crippen molar-refractivity contribution in [2.45, 2.75) is 18.8 Å². The summed E-state index contributed by atoms with van der Waals surface area (Å²) in [6.07, 6.45) is 4.33. The van der Waals surface area contributed by atoms with E-state index >= 15 is 0 Å². The predicted molar refractivity (Wildman–Crippen MR) is 141 cm³/mol. The molecule has 178 valence electrons. The summed E-state index contributed by atoms with van der Waals surface area (Å²) >= 11 is 3.53. The molecule has 6 nitrogen and oxygen atoms in total. The molecule has 0 saturated heterocycles. The summed E-state index contributed by atoms with van der Waals surface area (Å²) in [6.45, 7) is 0.125. The van der Waals surface area contributed by atoms with Gasteiger partial charge in [0.1, 0.15) is 0 Å². The molecule has 0 saturated carbocycles. The Morgan fingerprint density at radius 2 is 1.77 bits per heavy atom. The van der Waals surface area contributed by atoms with Gasteiger partial charge in [0, 0.05) is 27.8 Å². The van der Waals surface area contributed by atoms with Crippen LogP contribution in [0.2, 0.25) is 0 Å². The van der Waals surface area contributed by atoms with Crippen molar-refractivity contribution in [2.75, 3.05) is 18.2 Å². The topological polar surface area (TPSA) is 81.2 Å². The van der Waals surface area contributed by atoms with Crippen molar-refractivity contribution in [1.29, 1.82) is 0 Å². The van der Waals surface area contributed by atoms with Gasteiger partial charge < -0.3 is 5.32 Å². The number of halogens is 1. The van der Waals surface area contributed by atoms with E-state index in [0.29, 0.717) is 12.4 Å². The molecular weight excluding hydrogens is 526 g/mol. The minimum absolute atomic E-state index is 0.125. The van der Waals surface area contributed by atoms with Crippen LogP contribution >= 0.6 is 15.9 Å². The van der Waals surface area contributed by atoms with Crippen LogP contribution in [0, 0.1) is 0 Å². The van der Waals surface area contributed by atoms with E-state index < -0.39 is 10.1 Å². The monoisotopic (exact) mass is 549 g/mol. The predicted octanol–water partition coefficient (Wildman–Crippen LogP) is 5.86. The zero-order valence-electron chi connectivity index (χ0n) is 19.1. The van der Waals surface area contributed by atoms with Crippen LogP contribution in [0.3, 0.4) is 0 Å². The maximum atomic E-state index is 11.1. The standard InChI is InChI=1S/C27H24BrN3O3S/c1-35(32,33)34-15-14-18-6-12-22(13-7-18)30-27-29-17-20-16-25(19-8-10-21(28)11-9-19)23-4-2-3-5-24(23)26(20)31-27/h2-13,17,25H,14-16H2,1H3,(H,29,30,31). The summed E-state index contributed by atoms with van der Waals surface area (Å²) in [5, 5.41) is 3.29. The quantitative estimate of drug-likeness (QED) is 0.291. The third-order valence-corrected chi connectivity index (χ3v) is 7.17. The average Bonchev–Trinajstić information content (AvgIpc) is 2.85. The van der Waals surface area contributed by atoms with Gasteiger partial charge >= 0.3 is 0 Å². The zero-order chi connectivity index (χ0) is 24.4. The molecule has 0 radical (unpaired) electrons.